The molecule has 3 N–H and O–H groups in total. The van der Waals surface area contributed by atoms with Crippen LogP contribution in [0.5, 0.6) is 0 Å². The van der Waals surface area contributed by atoms with Crippen molar-refractivity contribution in [3.63, 3.8) is 0 Å². The van der Waals surface area contributed by atoms with E-state index in [0.717, 1.165) is 0 Å². The number of phosphoric acid groups is 1. The monoisotopic (exact) mass is 176 g/mol. The van der Waals surface area contributed by atoms with Crippen LogP contribution in [-0.4, -0.2) is 31.7 Å². The van der Waals surface area contributed by atoms with Gasteiger partial charge in [-0.05, 0) is 0 Å². The zero-order chi connectivity index (χ0) is 8.08. The summed E-state index contributed by atoms with van der Waals surface area (Å²) >= 11 is -0.611. The molecule has 0 saturated carbocycles. The minimum Gasteiger partial charge on any atom is -0.617 e. The average Bonchev–Trinajstić information content (AvgIpc) is 1.19. The Morgan fingerprint density at radius 1 is 1.33 bits per heavy atom. The maximum Gasteiger partial charge on any atom is 0.466 e. The molecule has 0 unspecified atom stereocenters. The highest BCUT2D eigenvalue weighted by Gasteiger charge is 2.00. The van der Waals surface area contributed by atoms with Crippen LogP contribution in [0.2, 0.25) is 0 Å². The van der Waals surface area contributed by atoms with Crippen molar-refractivity contribution in [2.45, 2.75) is 0 Å². The standard InChI is InChI=1S/C2H6OS.H3O4P/c1-4(2)3;1-5(2,3)4/h1-2H3;(H3,1,2,3,4). The SMILES string of the molecule is C[S+](C)[O-].O=P(O)(O)O. The van der Waals surface area contributed by atoms with Gasteiger partial charge in [-0.2, -0.15) is 0 Å². The Bertz CT molecular complexity index is 86.1. The molecule has 0 aromatic heterocycles. The first kappa shape index (κ1) is 12.1. The van der Waals surface area contributed by atoms with E-state index in [1.165, 1.54) is 0 Å². The second-order valence-electron chi connectivity index (χ2n) is 1.25. The lowest BCUT2D eigenvalue weighted by atomic mass is 11.9. The Hall–Kier alpha value is 0.420. The van der Waals surface area contributed by atoms with E-state index in [4.69, 9.17) is 19.2 Å². The van der Waals surface area contributed by atoms with Crippen LogP contribution in [0.1, 0.15) is 0 Å². The van der Waals surface area contributed by atoms with Crippen molar-refractivity contribution < 1.29 is 23.8 Å². The van der Waals surface area contributed by atoms with Gasteiger partial charge in [0.25, 0.3) is 0 Å². The van der Waals surface area contributed by atoms with E-state index in [2.05, 4.69) is 0 Å². The van der Waals surface area contributed by atoms with Gasteiger partial charge in [0.2, 0.25) is 0 Å². The fourth-order valence-corrected chi connectivity index (χ4v) is 0. The highest BCUT2D eigenvalue weighted by atomic mass is 32.2. The molecule has 0 saturated heterocycles. The average molecular weight is 176 g/mol. The van der Waals surface area contributed by atoms with E-state index in [9.17, 15) is 4.55 Å². The topological polar surface area (TPSA) is 101 Å². The second kappa shape index (κ2) is 5.22. The molecule has 0 spiro atoms. The Kier molecular flexibility index (Phi) is 7.04. The molecule has 0 aliphatic carbocycles. The molecule has 0 heterocycles. The summed E-state index contributed by atoms with van der Waals surface area (Å²) in [6.45, 7) is 0. The van der Waals surface area contributed by atoms with Gasteiger partial charge in [0.05, 0.1) is 12.5 Å². The summed E-state index contributed by atoms with van der Waals surface area (Å²) in [5.74, 6) is 0. The van der Waals surface area contributed by atoms with Gasteiger partial charge >= 0.3 is 7.82 Å². The van der Waals surface area contributed by atoms with E-state index >= 15 is 0 Å². The molecule has 0 radical (unpaired) electrons. The lowest BCUT2D eigenvalue weighted by Crippen LogP contribution is -1.86. The van der Waals surface area contributed by atoms with Gasteiger partial charge in [0.1, 0.15) is 0 Å². The fourth-order valence-electron chi connectivity index (χ4n) is 0. The molecule has 5 nitrogen and oxygen atoms in total. The molecule has 0 fully saturated rings. The number of rotatable bonds is 0. The highest BCUT2D eigenvalue weighted by Crippen LogP contribution is 2.25. The molecule has 0 aliphatic heterocycles. The first-order valence-electron chi connectivity index (χ1n) is 1.77. The lowest BCUT2D eigenvalue weighted by molar-refractivity contribution is 0.275. The molecule has 0 rings (SSSR count). The summed E-state index contributed by atoms with van der Waals surface area (Å²) in [6.07, 6.45) is 3.28. The van der Waals surface area contributed by atoms with Crippen LogP contribution in [0.15, 0.2) is 0 Å². The van der Waals surface area contributed by atoms with Crippen LogP contribution >= 0.6 is 7.82 Å². The van der Waals surface area contributed by atoms with Crippen molar-refractivity contribution >= 4 is 19.0 Å². The molecule has 0 aromatic carbocycles. The van der Waals surface area contributed by atoms with Gasteiger partial charge < -0.3 is 19.2 Å². The third kappa shape index (κ3) is 1970. The molecule has 0 aliphatic rings. The Morgan fingerprint density at radius 2 is 1.33 bits per heavy atom. The molecule has 9 heavy (non-hydrogen) atoms. The quantitative estimate of drug-likeness (QED) is 0.327. The van der Waals surface area contributed by atoms with Crippen molar-refractivity contribution in [2.24, 2.45) is 0 Å². The predicted octanol–water partition coefficient (Wildman–Crippen LogP) is -0.934. The zero-order valence-corrected chi connectivity index (χ0v) is 6.72. The summed E-state index contributed by atoms with van der Waals surface area (Å²) < 4.78 is 18.4. The molecule has 58 valence electrons. The third-order valence-electron chi connectivity index (χ3n) is 0. The highest BCUT2D eigenvalue weighted by molar-refractivity contribution is 7.89. The van der Waals surface area contributed by atoms with Crippen LogP contribution in [0, 0.1) is 0 Å². The van der Waals surface area contributed by atoms with Crippen molar-refractivity contribution in [3.8, 4) is 0 Å². The minimum absolute atomic E-state index is 0.611. The Balaban J connectivity index is 0. The fraction of sp³-hybridized carbons (Fsp3) is 1.00. The largest absolute Gasteiger partial charge is 0.617 e. The van der Waals surface area contributed by atoms with Crippen molar-refractivity contribution in [1.82, 2.24) is 0 Å². The molecule has 0 amide bonds. The minimum atomic E-state index is -4.64. The van der Waals surface area contributed by atoms with Crippen molar-refractivity contribution in [1.29, 1.82) is 0 Å². The Morgan fingerprint density at radius 3 is 1.33 bits per heavy atom. The Labute approximate surface area is 56.1 Å². The molecular formula is C2H9O5PS. The first-order valence-corrected chi connectivity index (χ1v) is 5.30. The summed E-state index contributed by atoms with van der Waals surface area (Å²) in [5.41, 5.74) is 0. The first-order chi connectivity index (χ1) is 3.73. The normalized spacial score (nSPS) is 10.6. The molecule has 0 bridgehead atoms. The maximum absolute atomic E-state index is 9.56. The van der Waals surface area contributed by atoms with Gasteiger partial charge in [-0.3, -0.25) is 0 Å². The molecule has 0 atom stereocenters. The van der Waals surface area contributed by atoms with Gasteiger partial charge in [0, 0.05) is 0 Å². The van der Waals surface area contributed by atoms with E-state index in [1.807, 2.05) is 0 Å². The molecule has 0 aromatic rings. The van der Waals surface area contributed by atoms with Crippen LogP contribution in [-0.2, 0) is 15.7 Å². The predicted molar refractivity (Wildman–Crippen MR) is 34.3 cm³/mol. The third-order valence-corrected chi connectivity index (χ3v) is 0. The van der Waals surface area contributed by atoms with Crippen LogP contribution < -0.4 is 0 Å². The van der Waals surface area contributed by atoms with Crippen LogP contribution in [0.3, 0.4) is 0 Å². The smallest absolute Gasteiger partial charge is 0.466 e. The summed E-state index contributed by atoms with van der Waals surface area (Å²) in [5, 5.41) is 0. The van der Waals surface area contributed by atoms with Crippen LogP contribution in [0.25, 0.3) is 0 Å². The zero-order valence-electron chi connectivity index (χ0n) is 5.01. The van der Waals surface area contributed by atoms with Crippen LogP contribution in [0.4, 0.5) is 0 Å². The molecular weight excluding hydrogens is 167 g/mol. The number of hydrogen-bond acceptors (Lipinski definition) is 2. The summed E-state index contributed by atoms with van der Waals surface area (Å²) in [6, 6.07) is 0. The summed E-state index contributed by atoms with van der Waals surface area (Å²) in [4.78, 5) is 21.6. The molecule has 7 heteroatoms. The van der Waals surface area contributed by atoms with E-state index < -0.39 is 19.0 Å². The van der Waals surface area contributed by atoms with Crippen molar-refractivity contribution in [3.05, 3.63) is 0 Å². The van der Waals surface area contributed by atoms with E-state index in [1.54, 1.807) is 12.5 Å². The van der Waals surface area contributed by atoms with Crippen molar-refractivity contribution in [2.75, 3.05) is 12.5 Å². The second-order valence-corrected chi connectivity index (χ2v) is 3.76. The lowest BCUT2D eigenvalue weighted by Gasteiger charge is -1.87. The van der Waals surface area contributed by atoms with E-state index in [0.29, 0.717) is 0 Å². The van der Waals surface area contributed by atoms with Gasteiger partial charge in [-0.15, -0.1) is 0 Å². The number of hydrogen-bond donors (Lipinski definition) is 3. The summed E-state index contributed by atoms with van der Waals surface area (Å²) in [7, 11) is -4.64. The van der Waals surface area contributed by atoms with Gasteiger partial charge in [0.15, 0.2) is 0 Å². The van der Waals surface area contributed by atoms with Gasteiger partial charge in [-0.25, -0.2) is 4.57 Å². The maximum atomic E-state index is 9.56. The van der Waals surface area contributed by atoms with Gasteiger partial charge in [-0.1, -0.05) is 11.2 Å². The van der Waals surface area contributed by atoms with E-state index in [-0.39, 0.29) is 0 Å².